The first kappa shape index (κ1) is 17.0. The molecule has 0 unspecified atom stereocenters. The van der Waals surface area contributed by atoms with Gasteiger partial charge in [-0.05, 0) is 24.3 Å². The van der Waals surface area contributed by atoms with Crippen LogP contribution in [0.1, 0.15) is 16.1 Å². The first-order valence-electron chi connectivity index (χ1n) is 7.62. The Kier molecular flexibility index (Phi) is 5.36. The lowest BCUT2D eigenvalue weighted by atomic mass is 10.1. The number of esters is 1. The number of halogens is 1. The minimum Gasteiger partial charge on any atom is -0.454 e. The number of pyridine rings is 1. The molecule has 0 aliphatic carbocycles. The number of carbonyl (C=O) groups excluding carboxylic acids is 2. The van der Waals surface area contributed by atoms with Crippen LogP contribution < -0.4 is 0 Å². The van der Waals surface area contributed by atoms with Crippen molar-refractivity contribution in [3.05, 3.63) is 82.5 Å². The van der Waals surface area contributed by atoms with Crippen LogP contribution in [-0.2, 0) is 9.53 Å². The van der Waals surface area contributed by atoms with E-state index in [2.05, 4.69) is 20.9 Å². The van der Waals surface area contributed by atoms with E-state index in [4.69, 9.17) is 4.74 Å². The van der Waals surface area contributed by atoms with Crippen molar-refractivity contribution in [1.82, 2.24) is 4.98 Å². The molecule has 1 heterocycles. The Morgan fingerprint density at radius 2 is 1.76 bits per heavy atom. The van der Waals surface area contributed by atoms with Crippen molar-refractivity contribution < 1.29 is 14.3 Å². The van der Waals surface area contributed by atoms with E-state index in [-0.39, 0.29) is 12.4 Å². The number of Topliss-reactive ketones (excluding diaryl/α,β-unsaturated/α-hetero) is 1. The van der Waals surface area contributed by atoms with E-state index in [1.807, 2.05) is 42.5 Å². The smallest absolute Gasteiger partial charge is 0.331 e. The fraction of sp³-hybridized carbons (Fsp3) is 0.0500. The van der Waals surface area contributed by atoms with Crippen molar-refractivity contribution in [2.45, 2.75) is 0 Å². The number of ether oxygens (including phenoxy) is 1. The monoisotopic (exact) mass is 395 g/mol. The maximum atomic E-state index is 12.0. The summed E-state index contributed by atoms with van der Waals surface area (Å²) in [5, 5.41) is 1.03. The van der Waals surface area contributed by atoms with Crippen LogP contribution in [-0.4, -0.2) is 23.3 Å². The summed E-state index contributed by atoms with van der Waals surface area (Å²) in [6.07, 6.45) is 2.84. The number of carbonyl (C=O) groups is 2. The van der Waals surface area contributed by atoms with Gasteiger partial charge >= 0.3 is 5.97 Å². The zero-order chi connectivity index (χ0) is 17.6. The number of para-hydroxylation sites is 1. The second kappa shape index (κ2) is 7.85. The fourth-order valence-corrected chi connectivity index (χ4v) is 2.78. The van der Waals surface area contributed by atoms with E-state index in [0.29, 0.717) is 15.7 Å². The third kappa shape index (κ3) is 4.39. The van der Waals surface area contributed by atoms with Crippen molar-refractivity contribution in [2.24, 2.45) is 0 Å². The highest BCUT2D eigenvalue weighted by molar-refractivity contribution is 9.10. The minimum absolute atomic E-state index is 0.266. The number of hydrogen-bond donors (Lipinski definition) is 0. The summed E-state index contributed by atoms with van der Waals surface area (Å²) in [6.45, 7) is -0.309. The van der Waals surface area contributed by atoms with Gasteiger partial charge in [0.25, 0.3) is 0 Å². The molecule has 0 radical (unpaired) electrons. The lowest BCUT2D eigenvalue weighted by molar-refractivity contribution is -0.136. The maximum absolute atomic E-state index is 12.0. The van der Waals surface area contributed by atoms with Crippen LogP contribution in [0.2, 0.25) is 0 Å². The lowest BCUT2D eigenvalue weighted by Crippen LogP contribution is -2.13. The van der Waals surface area contributed by atoms with Crippen molar-refractivity contribution in [2.75, 3.05) is 6.61 Å². The molecule has 0 fully saturated rings. The molecule has 1 aromatic heterocycles. The average Bonchev–Trinajstić information content (AvgIpc) is 2.64. The Labute approximate surface area is 153 Å². The van der Waals surface area contributed by atoms with Gasteiger partial charge in [0, 0.05) is 21.5 Å². The van der Waals surface area contributed by atoms with Gasteiger partial charge in [0.2, 0.25) is 5.78 Å². The summed E-state index contributed by atoms with van der Waals surface area (Å²) in [5.41, 5.74) is 1.98. The van der Waals surface area contributed by atoms with E-state index in [1.54, 1.807) is 24.3 Å². The quantitative estimate of drug-likeness (QED) is 0.364. The third-order valence-corrected chi connectivity index (χ3v) is 4.22. The Morgan fingerprint density at radius 3 is 2.60 bits per heavy atom. The maximum Gasteiger partial charge on any atom is 0.331 e. The van der Waals surface area contributed by atoms with E-state index in [0.717, 1.165) is 10.9 Å². The molecule has 0 saturated heterocycles. The second-order valence-electron chi connectivity index (χ2n) is 5.27. The highest BCUT2D eigenvalue weighted by Gasteiger charge is 2.11. The molecule has 0 aliphatic heterocycles. The predicted molar refractivity (Wildman–Crippen MR) is 100 cm³/mol. The fourth-order valence-electron chi connectivity index (χ4n) is 2.28. The van der Waals surface area contributed by atoms with E-state index in [1.165, 1.54) is 6.08 Å². The highest BCUT2D eigenvalue weighted by Crippen LogP contribution is 2.16. The van der Waals surface area contributed by atoms with Crippen LogP contribution in [0.4, 0.5) is 0 Å². The van der Waals surface area contributed by atoms with E-state index in [9.17, 15) is 9.59 Å². The van der Waals surface area contributed by atoms with Crippen LogP contribution in [0, 0.1) is 0 Å². The minimum atomic E-state index is -0.588. The Balaban J connectivity index is 1.60. The zero-order valence-corrected chi connectivity index (χ0v) is 14.8. The molecule has 0 saturated carbocycles. The number of nitrogens with zero attached hydrogens (tertiary/aromatic N) is 1. The molecule has 3 aromatic rings. The molecule has 4 nitrogen and oxygen atoms in total. The van der Waals surface area contributed by atoms with Crippen LogP contribution in [0.3, 0.4) is 0 Å². The summed E-state index contributed by atoms with van der Waals surface area (Å²) in [5.74, 6) is -0.853. The molecule has 3 rings (SSSR count). The van der Waals surface area contributed by atoms with Crippen LogP contribution in [0.5, 0.6) is 0 Å². The number of hydrogen-bond acceptors (Lipinski definition) is 4. The molecule has 2 aromatic carbocycles. The molecule has 5 heteroatoms. The Bertz CT molecular complexity index is 966. The van der Waals surface area contributed by atoms with Crippen molar-refractivity contribution in [1.29, 1.82) is 0 Å². The van der Waals surface area contributed by atoms with Gasteiger partial charge in [0.05, 0.1) is 11.2 Å². The van der Waals surface area contributed by atoms with Gasteiger partial charge in [0.15, 0.2) is 6.61 Å². The van der Waals surface area contributed by atoms with Gasteiger partial charge < -0.3 is 4.74 Å². The summed E-state index contributed by atoms with van der Waals surface area (Å²) in [7, 11) is 0. The van der Waals surface area contributed by atoms with E-state index >= 15 is 0 Å². The molecule has 0 amide bonds. The first-order chi connectivity index (χ1) is 12.1. The Morgan fingerprint density at radius 1 is 1.00 bits per heavy atom. The second-order valence-corrected chi connectivity index (χ2v) is 6.13. The first-order valence-corrected chi connectivity index (χ1v) is 8.41. The zero-order valence-electron chi connectivity index (χ0n) is 13.2. The Hall–Kier alpha value is -2.79. The molecule has 0 N–H and O–H groups in total. The van der Waals surface area contributed by atoms with Crippen molar-refractivity contribution >= 4 is 44.7 Å². The van der Waals surface area contributed by atoms with Crippen LogP contribution in [0.15, 0.2) is 71.2 Å². The largest absolute Gasteiger partial charge is 0.454 e. The van der Waals surface area contributed by atoms with Crippen LogP contribution >= 0.6 is 15.9 Å². The SMILES string of the molecule is O=C(/C=C/c1ccc2ccccc2n1)OCC(=O)c1ccccc1Br. The van der Waals surface area contributed by atoms with Crippen LogP contribution in [0.25, 0.3) is 17.0 Å². The summed E-state index contributed by atoms with van der Waals surface area (Å²) in [6, 6.07) is 18.5. The molecule has 124 valence electrons. The summed E-state index contributed by atoms with van der Waals surface area (Å²) >= 11 is 3.30. The van der Waals surface area contributed by atoms with Crippen molar-refractivity contribution in [3.8, 4) is 0 Å². The number of fused-ring (bicyclic) bond motifs is 1. The van der Waals surface area contributed by atoms with Gasteiger partial charge in [-0.3, -0.25) is 4.79 Å². The van der Waals surface area contributed by atoms with Gasteiger partial charge in [-0.25, -0.2) is 9.78 Å². The van der Waals surface area contributed by atoms with Gasteiger partial charge in [0.1, 0.15) is 0 Å². The molecule has 0 spiro atoms. The summed E-state index contributed by atoms with van der Waals surface area (Å²) < 4.78 is 5.67. The number of rotatable bonds is 5. The molecule has 0 atom stereocenters. The molecular weight excluding hydrogens is 382 g/mol. The van der Waals surface area contributed by atoms with Gasteiger partial charge in [-0.15, -0.1) is 0 Å². The number of benzene rings is 2. The normalized spacial score (nSPS) is 10.9. The van der Waals surface area contributed by atoms with Gasteiger partial charge in [-0.2, -0.15) is 0 Å². The van der Waals surface area contributed by atoms with Crippen molar-refractivity contribution in [3.63, 3.8) is 0 Å². The number of aromatic nitrogens is 1. The third-order valence-electron chi connectivity index (χ3n) is 3.53. The lowest BCUT2D eigenvalue weighted by Gasteiger charge is -2.03. The standard InChI is InChI=1S/C20H14BrNO3/c21-17-7-3-2-6-16(17)19(23)13-25-20(24)12-11-15-10-9-14-5-1-4-8-18(14)22-15/h1-12H,13H2/b12-11+. The summed E-state index contributed by atoms with van der Waals surface area (Å²) in [4.78, 5) is 28.3. The predicted octanol–water partition coefficient (Wildman–Crippen LogP) is 4.44. The topological polar surface area (TPSA) is 56.3 Å². The average molecular weight is 396 g/mol. The molecule has 25 heavy (non-hydrogen) atoms. The van der Waals surface area contributed by atoms with Gasteiger partial charge in [-0.1, -0.05) is 58.4 Å². The van der Waals surface area contributed by atoms with E-state index < -0.39 is 5.97 Å². The number of ketones is 1. The molecule has 0 aliphatic rings. The highest BCUT2D eigenvalue weighted by atomic mass is 79.9. The molecular formula is C20H14BrNO3. The molecule has 0 bridgehead atoms.